The molecule has 28 heavy (non-hydrogen) atoms. The molecule has 0 spiro atoms. The minimum atomic E-state index is -0.444. The van der Waals surface area contributed by atoms with Gasteiger partial charge in [0.05, 0.1) is 0 Å². The average molecular weight is 373 g/mol. The molecule has 6 nitrogen and oxygen atoms in total. The van der Waals surface area contributed by atoms with Crippen molar-refractivity contribution in [3.8, 4) is 0 Å². The molecule has 0 atom stereocenters. The fourth-order valence-electron chi connectivity index (χ4n) is 2.50. The fraction of sp³-hybridized carbons (Fsp3) is 0.0909. The lowest BCUT2D eigenvalue weighted by atomic mass is 10.1. The Morgan fingerprint density at radius 1 is 0.714 bits per heavy atom. The highest BCUT2D eigenvalue weighted by molar-refractivity contribution is 6.06. The number of hydrogen-bond donors (Lipinski definition) is 2. The molecule has 3 rings (SSSR count). The van der Waals surface area contributed by atoms with Crippen molar-refractivity contribution in [3.05, 3.63) is 89.2 Å². The first-order valence-corrected chi connectivity index (χ1v) is 8.70. The van der Waals surface area contributed by atoms with Crippen LogP contribution in [0.3, 0.4) is 0 Å². The highest BCUT2D eigenvalue weighted by atomic mass is 16.2. The summed E-state index contributed by atoms with van der Waals surface area (Å²) in [5, 5.41) is 5.45. The van der Waals surface area contributed by atoms with E-state index in [-0.39, 0.29) is 17.2 Å². The van der Waals surface area contributed by atoms with Crippen LogP contribution in [0.5, 0.6) is 0 Å². The number of amides is 2. The maximum Gasteiger partial charge on any atom is 0.274 e. The van der Waals surface area contributed by atoms with Crippen LogP contribution in [0.2, 0.25) is 0 Å². The number of pyridine rings is 1. The van der Waals surface area contributed by atoms with Gasteiger partial charge in [-0.2, -0.15) is 0 Å². The fourth-order valence-corrected chi connectivity index (χ4v) is 2.50. The summed E-state index contributed by atoms with van der Waals surface area (Å²) in [5.41, 5.74) is 3.09. The molecular formula is C22H19N3O3. The number of carbonyl (C=O) groups is 3. The third kappa shape index (κ3) is 4.67. The van der Waals surface area contributed by atoms with Crippen molar-refractivity contribution in [1.82, 2.24) is 4.98 Å². The largest absolute Gasteiger partial charge is 0.321 e. The van der Waals surface area contributed by atoms with Gasteiger partial charge in [-0.15, -0.1) is 0 Å². The Hall–Kier alpha value is -3.80. The van der Waals surface area contributed by atoms with Gasteiger partial charge in [0.15, 0.2) is 5.78 Å². The van der Waals surface area contributed by atoms with Crippen LogP contribution in [0.25, 0.3) is 0 Å². The predicted molar refractivity (Wildman–Crippen MR) is 108 cm³/mol. The van der Waals surface area contributed by atoms with Crippen LogP contribution in [0.15, 0.2) is 66.7 Å². The number of Topliss-reactive ketones (excluding diaryl/α,β-unsaturated/α-hetero) is 1. The molecule has 0 radical (unpaired) electrons. The number of anilines is 2. The van der Waals surface area contributed by atoms with Gasteiger partial charge in [0.2, 0.25) is 0 Å². The van der Waals surface area contributed by atoms with Crippen LogP contribution in [-0.4, -0.2) is 22.6 Å². The summed E-state index contributed by atoms with van der Waals surface area (Å²) < 4.78 is 0. The Morgan fingerprint density at radius 3 is 1.64 bits per heavy atom. The Labute approximate surface area is 162 Å². The number of ketones is 1. The molecule has 0 bridgehead atoms. The maximum atomic E-state index is 12.4. The molecule has 140 valence electrons. The van der Waals surface area contributed by atoms with Crippen molar-refractivity contribution in [3.63, 3.8) is 0 Å². The van der Waals surface area contributed by atoms with Crippen molar-refractivity contribution < 1.29 is 14.4 Å². The lowest BCUT2D eigenvalue weighted by molar-refractivity contribution is 0.100. The van der Waals surface area contributed by atoms with Gasteiger partial charge >= 0.3 is 0 Å². The Kier molecular flexibility index (Phi) is 5.60. The molecule has 0 aliphatic carbocycles. The first kappa shape index (κ1) is 19.0. The molecule has 2 amide bonds. The Morgan fingerprint density at radius 2 is 1.18 bits per heavy atom. The van der Waals surface area contributed by atoms with E-state index in [1.807, 2.05) is 19.1 Å². The number of rotatable bonds is 5. The van der Waals surface area contributed by atoms with Crippen molar-refractivity contribution in [1.29, 1.82) is 0 Å². The first-order chi connectivity index (χ1) is 13.4. The van der Waals surface area contributed by atoms with Gasteiger partial charge < -0.3 is 10.6 Å². The summed E-state index contributed by atoms with van der Waals surface area (Å²) in [5.74, 6) is -0.892. The van der Waals surface area contributed by atoms with Crippen LogP contribution in [-0.2, 0) is 0 Å². The lowest BCUT2D eigenvalue weighted by Crippen LogP contribution is -2.18. The van der Waals surface area contributed by atoms with Crippen molar-refractivity contribution in [2.24, 2.45) is 0 Å². The van der Waals surface area contributed by atoms with Gasteiger partial charge in [-0.3, -0.25) is 14.4 Å². The summed E-state index contributed by atoms with van der Waals surface area (Å²) in [6, 6.07) is 18.6. The zero-order valence-corrected chi connectivity index (χ0v) is 15.5. The Balaban J connectivity index is 1.71. The van der Waals surface area contributed by atoms with Crippen LogP contribution in [0, 0.1) is 6.92 Å². The predicted octanol–water partition coefficient (Wildman–Crippen LogP) is 4.10. The normalized spacial score (nSPS) is 10.2. The van der Waals surface area contributed by atoms with E-state index in [9.17, 15) is 14.4 Å². The molecule has 6 heteroatoms. The monoisotopic (exact) mass is 373 g/mol. The van der Waals surface area contributed by atoms with Crippen LogP contribution in [0.4, 0.5) is 11.4 Å². The highest BCUT2D eigenvalue weighted by Crippen LogP contribution is 2.13. The van der Waals surface area contributed by atoms with Gasteiger partial charge in [0.25, 0.3) is 11.8 Å². The molecule has 0 saturated heterocycles. The molecule has 0 saturated carbocycles. The second-order valence-electron chi connectivity index (χ2n) is 6.32. The van der Waals surface area contributed by atoms with E-state index in [1.54, 1.807) is 48.5 Å². The molecule has 1 aromatic heterocycles. The van der Waals surface area contributed by atoms with E-state index in [1.165, 1.54) is 13.0 Å². The average Bonchev–Trinajstić information content (AvgIpc) is 2.70. The minimum absolute atomic E-state index is 0.0492. The van der Waals surface area contributed by atoms with Gasteiger partial charge in [0, 0.05) is 16.9 Å². The second kappa shape index (κ2) is 8.26. The minimum Gasteiger partial charge on any atom is -0.321 e. The number of benzene rings is 2. The van der Waals surface area contributed by atoms with Gasteiger partial charge in [-0.05, 0) is 62.4 Å². The lowest BCUT2D eigenvalue weighted by Gasteiger charge is -2.08. The first-order valence-electron chi connectivity index (χ1n) is 8.70. The summed E-state index contributed by atoms with van der Waals surface area (Å²) in [6.45, 7) is 3.44. The zero-order valence-electron chi connectivity index (χ0n) is 15.5. The summed E-state index contributed by atoms with van der Waals surface area (Å²) in [4.78, 5) is 40.3. The maximum absolute atomic E-state index is 12.4. The molecule has 2 aromatic carbocycles. The van der Waals surface area contributed by atoms with Crippen LogP contribution in [0.1, 0.15) is 43.8 Å². The van der Waals surface area contributed by atoms with E-state index < -0.39 is 11.8 Å². The van der Waals surface area contributed by atoms with Crippen molar-refractivity contribution >= 4 is 29.0 Å². The zero-order chi connectivity index (χ0) is 20.1. The number of aromatic nitrogens is 1. The van der Waals surface area contributed by atoms with Gasteiger partial charge in [-0.25, -0.2) is 4.98 Å². The third-order valence-electron chi connectivity index (χ3n) is 4.07. The summed E-state index contributed by atoms with van der Waals surface area (Å²) in [7, 11) is 0. The van der Waals surface area contributed by atoms with Crippen LogP contribution < -0.4 is 10.6 Å². The number of nitrogens with one attached hydrogen (secondary N) is 2. The molecule has 2 N–H and O–H groups in total. The molecule has 0 unspecified atom stereocenters. The topological polar surface area (TPSA) is 88.2 Å². The van der Waals surface area contributed by atoms with E-state index >= 15 is 0 Å². The number of carbonyl (C=O) groups excluding carboxylic acids is 3. The van der Waals surface area contributed by atoms with Crippen molar-refractivity contribution in [2.45, 2.75) is 13.8 Å². The summed E-state index contributed by atoms with van der Waals surface area (Å²) in [6.07, 6.45) is 0. The van der Waals surface area contributed by atoms with Gasteiger partial charge in [-0.1, -0.05) is 23.8 Å². The molecular weight excluding hydrogens is 354 g/mol. The van der Waals surface area contributed by atoms with E-state index in [2.05, 4.69) is 15.6 Å². The Bertz CT molecular complexity index is 1030. The highest BCUT2D eigenvalue weighted by Gasteiger charge is 2.13. The number of nitrogens with zero attached hydrogens (tertiary/aromatic N) is 1. The standard InChI is InChI=1S/C22H19N3O3/c1-14-6-10-17(11-7-14)23-21(27)19-4-3-5-20(25-19)22(28)24-18-12-8-16(9-13-18)15(2)26/h3-13H,1-2H3,(H,23,27)(H,24,28). The molecule has 1 heterocycles. The SMILES string of the molecule is CC(=O)c1ccc(NC(=O)c2cccc(C(=O)Nc3ccc(C)cc3)n2)cc1. The quantitative estimate of drug-likeness (QED) is 0.659. The van der Waals surface area contributed by atoms with E-state index in [0.29, 0.717) is 16.9 Å². The molecule has 0 aliphatic heterocycles. The third-order valence-corrected chi connectivity index (χ3v) is 4.07. The number of aryl methyl sites for hydroxylation is 1. The molecule has 0 fully saturated rings. The second-order valence-corrected chi connectivity index (χ2v) is 6.32. The van der Waals surface area contributed by atoms with E-state index in [0.717, 1.165) is 5.56 Å². The number of hydrogen-bond acceptors (Lipinski definition) is 4. The molecule has 3 aromatic rings. The van der Waals surface area contributed by atoms with Crippen LogP contribution >= 0.6 is 0 Å². The smallest absolute Gasteiger partial charge is 0.274 e. The summed E-state index contributed by atoms with van der Waals surface area (Å²) >= 11 is 0. The van der Waals surface area contributed by atoms with E-state index in [4.69, 9.17) is 0 Å². The van der Waals surface area contributed by atoms with Crippen molar-refractivity contribution in [2.75, 3.05) is 10.6 Å². The van der Waals surface area contributed by atoms with Gasteiger partial charge in [0.1, 0.15) is 11.4 Å². The molecule has 0 aliphatic rings.